The fourth-order valence-electron chi connectivity index (χ4n) is 4.53. The van der Waals surface area contributed by atoms with E-state index < -0.39 is 0 Å². The molecule has 0 bridgehead atoms. The summed E-state index contributed by atoms with van der Waals surface area (Å²) in [4.78, 5) is 10.1. The number of piperidine rings is 1. The summed E-state index contributed by atoms with van der Waals surface area (Å²) in [5, 5.41) is 3.51. The van der Waals surface area contributed by atoms with Gasteiger partial charge < -0.3 is 24.6 Å². The first-order valence-corrected chi connectivity index (χ1v) is 12.2. The molecule has 1 unspecified atom stereocenters. The van der Waals surface area contributed by atoms with E-state index >= 15 is 0 Å². The number of hydrogen-bond acceptors (Lipinski definition) is 4. The van der Waals surface area contributed by atoms with E-state index in [1.165, 1.54) is 25.1 Å². The lowest BCUT2D eigenvalue weighted by atomic mass is 10.1. The van der Waals surface area contributed by atoms with Gasteiger partial charge in [0.15, 0.2) is 5.96 Å². The Hall–Kier alpha value is -0.900. The van der Waals surface area contributed by atoms with Gasteiger partial charge in [0.2, 0.25) is 0 Å². The normalized spacial score (nSPS) is 20.4. The van der Waals surface area contributed by atoms with E-state index in [1.807, 2.05) is 0 Å². The number of aliphatic imine (C=N–C) groups is 1. The number of likely N-dealkylation sites (tertiary alicyclic amines) is 2. The molecule has 3 rings (SSSR count). The highest BCUT2D eigenvalue weighted by molar-refractivity contribution is 14.0. The quantitative estimate of drug-likeness (QED) is 0.195. The fraction of sp³-hybridized carbons (Fsp3) is 0.720. The minimum atomic E-state index is 0. The van der Waals surface area contributed by atoms with Crippen molar-refractivity contribution in [2.75, 3.05) is 66.1 Å². The molecule has 7 heteroatoms. The molecule has 0 aliphatic carbocycles. The summed E-state index contributed by atoms with van der Waals surface area (Å²) in [6.07, 6.45) is 5.91. The maximum atomic E-state index is 6.01. The Morgan fingerprint density at radius 2 is 1.88 bits per heavy atom. The first-order chi connectivity index (χ1) is 15.3. The molecule has 0 saturated carbocycles. The Bertz CT molecular complexity index is 638. The van der Waals surface area contributed by atoms with Gasteiger partial charge >= 0.3 is 0 Å². The predicted molar refractivity (Wildman–Crippen MR) is 143 cm³/mol. The van der Waals surface area contributed by atoms with Crippen LogP contribution in [0.1, 0.15) is 38.2 Å². The maximum Gasteiger partial charge on any atom is 0.193 e. The zero-order valence-electron chi connectivity index (χ0n) is 20.0. The second-order valence-electron chi connectivity index (χ2n) is 8.79. The molecule has 0 aromatic heterocycles. The van der Waals surface area contributed by atoms with Crippen molar-refractivity contribution in [2.45, 2.75) is 45.1 Å². The summed E-state index contributed by atoms with van der Waals surface area (Å²) in [5.74, 6) is 1.76. The largest absolute Gasteiger partial charge is 0.385 e. The molecule has 1 aromatic carbocycles. The van der Waals surface area contributed by atoms with Gasteiger partial charge in [0.1, 0.15) is 0 Å². The van der Waals surface area contributed by atoms with Crippen LogP contribution in [0.2, 0.25) is 0 Å². The molecule has 2 aliphatic rings. The van der Waals surface area contributed by atoms with E-state index in [4.69, 9.17) is 14.5 Å². The Balaban J connectivity index is 0.00000363. The third kappa shape index (κ3) is 9.53. The lowest BCUT2D eigenvalue weighted by Crippen LogP contribution is -2.47. The molecule has 2 aliphatic heterocycles. The van der Waals surface area contributed by atoms with Crippen molar-refractivity contribution < 1.29 is 9.47 Å². The van der Waals surface area contributed by atoms with Crippen LogP contribution in [0.25, 0.3) is 0 Å². The number of nitrogens with zero attached hydrogens (tertiary/aromatic N) is 3. The Labute approximate surface area is 212 Å². The third-order valence-corrected chi connectivity index (χ3v) is 6.35. The Morgan fingerprint density at radius 3 is 2.59 bits per heavy atom. The number of ether oxygens (including phenoxy) is 2. The van der Waals surface area contributed by atoms with Gasteiger partial charge in [-0.25, -0.2) is 0 Å². The van der Waals surface area contributed by atoms with Crippen LogP contribution >= 0.6 is 24.0 Å². The lowest BCUT2D eigenvalue weighted by Gasteiger charge is -2.34. The van der Waals surface area contributed by atoms with Crippen LogP contribution < -0.4 is 5.32 Å². The summed E-state index contributed by atoms with van der Waals surface area (Å²) in [6.45, 7) is 11.2. The summed E-state index contributed by atoms with van der Waals surface area (Å²) in [7, 11) is 1.74. The number of rotatable bonds is 11. The van der Waals surface area contributed by atoms with Crippen LogP contribution in [-0.2, 0) is 15.9 Å². The van der Waals surface area contributed by atoms with E-state index in [0.29, 0.717) is 12.0 Å². The second-order valence-corrected chi connectivity index (χ2v) is 8.79. The molecule has 2 fully saturated rings. The summed E-state index contributed by atoms with van der Waals surface area (Å²) in [5.41, 5.74) is 1.43. The highest BCUT2D eigenvalue weighted by Crippen LogP contribution is 2.18. The van der Waals surface area contributed by atoms with Crippen LogP contribution in [0.3, 0.4) is 0 Å². The molecule has 6 nitrogen and oxygen atoms in total. The Morgan fingerprint density at radius 1 is 1.09 bits per heavy atom. The van der Waals surface area contributed by atoms with Crippen molar-refractivity contribution in [3.63, 3.8) is 0 Å². The molecule has 2 saturated heterocycles. The topological polar surface area (TPSA) is 49.3 Å². The van der Waals surface area contributed by atoms with Crippen molar-refractivity contribution >= 4 is 29.9 Å². The fourth-order valence-corrected chi connectivity index (χ4v) is 4.53. The molecule has 1 aromatic rings. The predicted octanol–water partition coefficient (Wildman–Crippen LogP) is 3.65. The van der Waals surface area contributed by atoms with Crippen molar-refractivity contribution in [3.8, 4) is 0 Å². The van der Waals surface area contributed by atoms with Gasteiger partial charge in [-0.1, -0.05) is 30.3 Å². The minimum absolute atomic E-state index is 0. The zero-order chi connectivity index (χ0) is 21.7. The van der Waals surface area contributed by atoms with E-state index in [9.17, 15) is 0 Å². The van der Waals surface area contributed by atoms with Gasteiger partial charge in [-0.3, -0.25) is 4.99 Å². The summed E-state index contributed by atoms with van der Waals surface area (Å²) >= 11 is 0. The van der Waals surface area contributed by atoms with Crippen LogP contribution in [0.4, 0.5) is 0 Å². The Kier molecular flexibility index (Phi) is 13.5. The maximum absolute atomic E-state index is 6.01. The SMILES string of the molecule is CCNC(=NCC1CCN(CCc2ccccc2)C1)N1CCC(OCCCOC)CC1.I. The lowest BCUT2D eigenvalue weighted by molar-refractivity contribution is 0.00989. The monoisotopic (exact) mass is 558 g/mol. The smallest absolute Gasteiger partial charge is 0.193 e. The molecule has 0 spiro atoms. The zero-order valence-corrected chi connectivity index (χ0v) is 22.3. The van der Waals surface area contributed by atoms with Crippen molar-refractivity contribution in [1.82, 2.24) is 15.1 Å². The highest BCUT2D eigenvalue weighted by Gasteiger charge is 2.24. The number of benzene rings is 1. The van der Waals surface area contributed by atoms with Crippen LogP contribution in [-0.4, -0.2) is 88.0 Å². The summed E-state index contributed by atoms with van der Waals surface area (Å²) < 4.78 is 11.1. The molecular formula is C25H43IN4O2. The highest BCUT2D eigenvalue weighted by atomic mass is 127. The van der Waals surface area contributed by atoms with E-state index in [2.05, 4.69) is 52.4 Å². The second kappa shape index (κ2) is 15.9. The molecule has 32 heavy (non-hydrogen) atoms. The van der Waals surface area contributed by atoms with Gasteiger partial charge in [-0.05, 0) is 57.1 Å². The van der Waals surface area contributed by atoms with Gasteiger partial charge in [0.25, 0.3) is 0 Å². The van der Waals surface area contributed by atoms with Crippen LogP contribution in [0, 0.1) is 5.92 Å². The molecule has 1 atom stereocenters. The van der Waals surface area contributed by atoms with Crippen molar-refractivity contribution in [3.05, 3.63) is 35.9 Å². The van der Waals surface area contributed by atoms with Gasteiger partial charge in [-0.15, -0.1) is 24.0 Å². The third-order valence-electron chi connectivity index (χ3n) is 6.35. The minimum Gasteiger partial charge on any atom is -0.385 e. The average Bonchev–Trinajstić information content (AvgIpc) is 3.27. The number of methoxy groups -OCH3 is 1. The van der Waals surface area contributed by atoms with Crippen molar-refractivity contribution in [2.24, 2.45) is 10.9 Å². The molecule has 1 N–H and O–H groups in total. The number of hydrogen-bond donors (Lipinski definition) is 1. The first-order valence-electron chi connectivity index (χ1n) is 12.2. The molecule has 182 valence electrons. The number of halogens is 1. The van der Waals surface area contributed by atoms with Gasteiger partial charge in [0.05, 0.1) is 6.10 Å². The molecule has 0 amide bonds. The number of guanidine groups is 1. The average molecular weight is 559 g/mol. The van der Waals surface area contributed by atoms with Crippen LogP contribution in [0.5, 0.6) is 0 Å². The van der Waals surface area contributed by atoms with Crippen LogP contribution in [0.15, 0.2) is 35.3 Å². The van der Waals surface area contributed by atoms with E-state index in [0.717, 1.165) is 77.6 Å². The standard InChI is InChI=1S/C25H42N4O2.HI/c1-3-26-25(29-16-12-24(13-17-29)31-19-7-18-30-2)27-20-23-11-15-28(21-23)14-10-22-8-5-4-6-9-22;/h4-6,8-9,23-24H,3,7,10-21H2,1-2H3,(H,26,27);1H. The molecule has 2 heterocycles. The van der Waals surface area contributed by atoms with Crippen molar-refractivity contribution in [1.29, 1.82) is 0 Å². The van der Waals surface area contributed by atoms with E-state index in [1.54, 1.807) is 7.11 Å². The summed E-state index contributed by atoms with van der Waals surface area (Å²) in [6, 6.07) is 10.8. The number of nitrogens with one attached hydrogen (secondary N) is 1. The molecular weight excluding hydrogens is 515 g/mol. The first kappa shape index (κ1) is 27.3. The van der Waals surface area contributed by atoms with Gasteiger partial charge in [0, 0.05) is 59.6 Å². The van der Waals surface area contributed by atoms with E-state index in [-0.39, 0.29) is 24.0 Å². The molecule has 0 radical (unpaired) electrons. The van der Waals surface area contributed by atoms with Gasteiger partial charge in [-0.2, -0.15) is 0 Å².